The van der Waals surface area contributed by atoms with Crippen LogP contribution in [0.2, 0.25) is 5.28 Å². The predicted molar refractivity (Wildman–Crippen MR) is 57.5 cm³/mol. The van der Waals surface area contributed by atoms with Crippen LogP contribution in [-0.2, 0) is 0 Å². The van der Waals surface area contributed by atoms with Crippen LogP contribution in [0.1, 0.15) is 6.92 Å². The molecule has 0 N–H and O–H groups in total. The van der Waals surface area contributed by atoms with Crippen LogP contribution in [0.3, 0.4) is 0 Å². The van der Waals surface area contributed by atoms with Gasteiger partial charge in [-0.1, -0.05) is 0 Å². The van der Waals surface area contributed by atoms with Crippen LogP contribution in [0.4, 0.5) is 0 Å². The minimum Gasteiger partial charge on any atom is -0.494 e. The molecule has 0 atom stereocenters. The van der Waals surface area contributed by atoms with Crippen molar-refractivity contribution in [3.63, 3.8) is 0 Å². The molecule has 78 valence electrons. The fourth-order valence-corrected chi connectivity index (χ4v) is 1.45. The second-order valence-electron chi connectivity index (χ2n) is 2.90. The summed E-state index contributed by atoms with van der Waals surface area (Å²) in [5.74, 6) is 0.838. The van der Waals surface area contributed by atoms with Gasteiger partial charge in [-0.25, -0.2) is 0 Å². The first-order valence-electron chi connectivity index (χ1n) is 4.60. The summed E-state index contributed by atoms with van der Waals surface area (Å²) < 4.78 is 7.03. The Bertz CT molecular complexity index is 438. The summed E-state index contributed by atoms with van der Waals surface area (Å²) in [7, 11) is 0. The molecular weight excluding hydrogens is 214 g/mol. The van der Waals surface area contributed by atoms with Gasteiger partial charge >= 0.3 is 0 Å². The molecule has 4 nitrogen and oxygen atoms in total. The van der Waals surface area contributed by atoms with Crippen molar-refractivity contribution in [2.75, 3.05) is 6.61 Å². The summed E-state index contributed by atoms with van der Waals surface area (Å²) in [5, 5.41) is 7.75. The van der Waals surface area contributed by atoms with Crippen molar-refractivity contribution in [1.29, 1.82) is 0 Å². The zero-order valence-electron chi connectivity index (χ0n) is 8.22. The minimum absolute atomic E-state index is 0.346. The topological polar surface area (TPSA) is 39.9 Å². The lowest BCUT2D eigenvalue weighted by atomic mass is 10.3. The number of benzene rings is 1. The van der Waals surface area contributed by atoms with Crippen LogP contribution in [0.5, 0.6) is 5.75 Å². The van der Waals surface area contributed by atoms with E-state index in [0.717, 1.165) is 11.4 Å². The third-order valence-electron chi connectivity index (χ3n) is 1.93. The van der Waals surface area contributed by atoms with Crippen LogP contribution in [0.15, 0.2) is 30.6 Å². The number of nitrogens with zero attached hydrogens (tertiary/aromatic N) is 3. The molecule has 0 aliphatic rings. The largest absolute Gasteiger partial charge is 0.494 e. The van der Waals surface area contributed by atoms with Crippen LogP contribution < -0.4 is 4.74 Å². The highest BCUT2D eigenvalue weighted by molar-refractivity contribution is 6.28. The van der Waals surface area contributed by atoms with E-state index < -0.39 is 0 Å². The van der Waals surface area contributed by atoms with Gasteiger partial charge in [-0.2, -0.15) is 0 Å². The number of halogens is 1. The van der Waals surface area contributed by atoms with Gasteiger partial charge in [-0.15, -0.1) is 10.2 Å². The van der Waals surface area contributed by atoms with Crippen molar-refractivity contribution < 1.29 is 4.74 Å². The SMILES string of the molecule is CCOc1ccc(-n2cnnc2Cl)cc1. The van der Waals surface area contributed by atoms with Crippen LogP contribution in [0, 0.1) is 0 Å². The van der Waals surface area contributed by atoms with Crippen molar-refractivity contribution in [3.05, 3.63) is 35.9 Å². The Morgan fingerprint density at radius 1 is 1.33 bits per heavy atom. The van der Waals surface area contributed by atoms with E-state index in [2.05, 4.69) is 10.2 Å². The molecule has 0 bridgehead atoms. The zero-order chi connectivity index (χ0) is 10.7. The van der Waals surface area contributed by atoms with E-state index in [-0.39, 0.29) is 0 Å². The van der Waals surface area contributed by atoms with Crippen LogP contribution in [-0.4, -0.2) is 21.4 Å². The molecule has 5 heteroatoms. The molecule has 0 saturated heterocycles. The maximum absolute atomic E-state index is 5.83. The molecule has 0 amide bonds. The molecule has 2 rings (SSSR count). The van der Waals surface area contributed by atoms with Crippen molar-refractivity contribution in [3.8, 4) is 11.4 Å². The lowest BCUT2D eigenvalue weighted by molar-refractivity contribution is 0.340. The zero-order valence-corrected chi connectivity index (χ0v) is 8.98. The smallest absolute Gasteiger partial charge is 0.229 e. The quantitative estimate of drug-likeness (QED) is 0.802. The number of hydrogen-bond donors (Lipinski definition) is 0. The lowest BCUT2D eigenvalue weighted by Gasteiger charge is -2.05. The first-order chi connectivity index (χ1) is 7.31. The second kappa shape index (κ2) is 4.31. The maximum atomic E-state index is 5.83. The van der Waals surface area contributed by atoms with E-state index in [4.69, 9.17) is 16.3 Å². The van der Waals surface area contributed by atoms with Gasteiger partial charge in [0.1, 0.15) is 12.1 Å². The van der Waals surface area contributed by atoms with Crippen LogP contribution in [0.25, 0.3) is 5.69 Å². The first kappa shape index (κ1) is 9.98. The molecule has 1 aromatic carbocycles. The number of rotatable bonds is 3. The van der Waals surface area contributed by atoms with Gasteiger partial charge in [0.15, 0.2) is 0 Å². The molecular formula is C10H10ClN3O. The van der Waals surface area contributed by atoms with Gasteiger partial charge in [0.05, 0.1) is 6.61 Å². The molecule has 0 unspecified atom stereocenters. The Balaban J connectivity index is 2.28. The molecule has 0 aliphatic heterocycles. The highest BCUT2D eigenvalue weighted by Crippen LogP contribution is 2.17. The lowest BCUT2D eigenvalue weighted by Crippen LogP contribution is -1.94. The van der Waals surface area contributed by atoms with Gasteiger partial charge in [0, 0.05) is 5.69 Å². The van der Waals surface area contributed by atoms with E-state index in [0.29, 0.717) is 11.9 Å². The molecule has 2 aromatic rings. The normalized spacial score (nSPS) is 10.3. The fourth-order valence-electron chi connectivity index (χ4n) is 1.26. The predicted octanol–water partition coefficient (Wildman–Crippen LogP) is 2.32. The molecule has 0 fully saturated rings. The van der Waals surface area contributed by atoms with Crippen molar-refractivity contribution in [2.45, 2.75) is 6.92 Å². The van der Waals surface area contributed by atoms with Crippen molar-refractivity contribution in [1.82, 2.24) is 14.8 Å². The Labute approximate surface area is 92.5 Å². The number of ether oxygens (including phenoxy) is 1. The maximum Gasteiger partial charge on any atom is 0.229 e. The molecule has 0 radical (unpaired) electrons. The van der Waals surface area contributed by atoms with Crippen molar-refractivity contribution in [2.24, 2.45) is 0 Å². The van der Waals surface area contributed by atoms with E-state index in [1.165, 1.54) is 0 Å². The monoisotopic (exact) mass is 223 g/mol. The molecule has 1 heterocycles. The highest BCUT2D eigenvalue weighted by Gasteiger charge is 2.02. The second-order valence-corrected chi connectivity index (χ2v) is 3.23. The van der Waals surface area contributed by atoms with Gasteiger partial charge in [-0.05, 0) is 42.8 Å². The summed E-state index contributed by atoms with van der Waals surface area (Å²) in [6.07, 6.45) is 1.57. The Kier molecular flexibility index (Phi) is 2.87. The average Bonchev–Trinajstić information content (AvgIpc) is 2.66. The minimum atomic E-state index is 0.346. The fraction of sp³-hybridized carbons (Fsp3) is 0.200. The summed E-state index contributed by atoms with van der Waals surface area (Å²) in [4.78, 5) is 0. The standard InChI is InChI=1S/C10H10ClN3O/c1-2-15-9-5-3-8(4-6-9)14-7-12-13-10(14)11/h3-7H,2H2,1H3. The number of aromatic nitrogens is 3. The molecule has 15 heavy (non-hydrogen) atoms. The Hall–Kier alpha value is -1.55. The van der Waals surface area contributed by atoms with E-state index in [1.807, 2.05) is 31.2 Å². The third-order valence-corrected chi connectivity index (χ3v) is 2.19. The summed E-state index contributed by atoms with van der Waals surface area (Å²) >= 11 is 5.83. The molecule has 0 aliphatic carbocycles. The summed E-state index contributed by atoms with van der Waals surface area (Å²) in [5.41, 5.74) is 0.911. The highest BCUT2D eigenvalue weighted by atomic mass is 35.5. The van der Waals surface area contributed by atoms with E-state index in [9.17, 15) is 0 Å². The summed E-state index contributed by atoms with van der Waals surface area (Å²) in [6.45, 7) is 2.61. The summed E-state index contributed by atoms with van der Waals surface area (Å²) in [6, 6.07) is 7.57. The molecule has 1 aromatic heterocycles. The van der Waals surface area contributed by atoms with Gasteiger partial charge in [0.25, 0.3) is 0 Å². The van der Waals surface area contributed by atoms with Crippen molar-refractivity contribution >= 4 is 11.6 Å². The third kappa shape index (κ3) is 2.10. The van der Waals surface area contributed by atoms with E-state index >= 15 is 0 Å². The molecule has 0 spiro atoms. The average molecular weight is 224 g/mol. The van der Waals surface area contributed by atoms with Crippen LogP contribution >= 0.6 is 11.6 Å². The van der Waals surface area contributed by atoms with Gasteiger partial charge in [0.2, 0.25) is 5.28 Å². The van der Waals surface area contributed by atoms with Gasteiger partial charge in [-0.3, -0.25) is 4.57 Å². The Morgan fingerprint density at radius 3 is 2.60 bits per heavy atom. The van der Waals surface area contributed by atoms with Gasteiger partial charge < -0.3 is 4.74 Å². The Morgan fingerprint density at radius 2 is 2.07 bits per heavy atom. The number of hydrogen-bond acceptors (Lipinski definition) is 3. The molecule has 0 saturated carbocycles. The first-order valence-corrected chi connectivity index (χ1v) is 4.98. The van der Waals surface area contributed by atoms with E-state index in [1.54, 1.807) is 10.9 Å².